The van der Waals surface area contributed by atoms with Crippen LogP contribution in [0.4, 0.5) is 0 Å². The van der Waals surface area contributed by atoms with E-state index in [9.17, 15) is 39.3 Å². The summed E-state index contributed by atoms with van der Waals surface area (Å²) in [4.78, 5) is 62.6. The maximum absolute atomic E-state index is 13.4. The molecule has 2 aromatic rings. The van der Waals surface area contributed by atoms with E-state index < -0.39 is 53.8 Å². The first-order valence-corrected chi connectivity index (χ1v) is 13.0. The van der Waals surface area contributed by atoms with Crippen molar-refractivity contribution < 1.29 is 39.3 Å². The molecule has 10 N–H and O–H groups in total. The second-order valence-corrected chi connectivity index (χ2v) is 10.0. The fraction of sp³-hybridized carbons (Fsp3) is 0.393. The Kier molecular flexibility index (Phi) is 12.1. The number of nitrogens with two attached hydrogens (primary N) is 2. The zero-order chi connectivity index (χ0) is 30.7. The van der Waals surface area contributed by atoms with E-state index >= 15 is 0 Å². The number of carbonyl (C=O) groups is 5. The third kappa shape index (κ3) is 10.8. The normalized spacial score (nSPS) is 13.9. The average molecular weight is 572 g/mol. The minimum Gasteiger partial charge on any atom is -0.508 e. The summed E-state index contributed by atoms with van der Waals surface area (Å²) in [5.41, 5.74) is 12.2. The number of aliphatic carboxylic acids is 1. The Balaban J connectivity index is 2.30. The van der Waals surface area contributed by atoms with E-state index in [2.05, 4.69) is 16.0 Å². The van der Waals surface area contributed by atoms with Crippen LogP contribution >= 0.6 is 0 Å². The van der Waals surface area contributed by atoms with E-state index in [1.54, 1.807) is 13.8 Å². The van der Waals surface area contributed by atoms with Gasteiger partial charge in [-0.15, -0.1) is 0 Å². The van der Waals surface area contributed by atoms with Crippen molar-refractivity contribution in [1.29, 1.82) is 0 Å². The molecule has 4 amide bonds. The Morgan fingerprint density at radius 1 is 0.707 bits per heavy atom. The first-order valence-electron chi connectivity index (χ1n) is 13.0. The number of phenols is 2. The third-order valence-electron chi connectivity index (χ3n) is 6.33. The summed E-state index contributed by atoms with van der Waals surface area (Å²) in [5.74, 6) is -4.56. The van der Waals surface area contributed by atoms with Crippen molar-refractivity contribution in [2.24, 2.45) is 17.4 Å². The quantitative estimate of drug-likeness (QED) is 0.140. The first kappa shape index (κ1) is 32.6. The molecule has 4 unspecified atom stereocenters. The molecule has 0 radical (unpaired) electrons. The summed E-state index contributed by atoms with van der Waals surface area (Å²) in [6, 6.07) is 6.75. The van der Waals surface area contributed by atoms with Crippen LogP contribution in [0.25, 0.3) is 0 Å². The molecule has 0 heterocycles. The number of carbonyl (C=O) groups excluding carboxylic acids is 4. The fourth-order valence-electron chi connectivity index (χ4n) is 3.82. The van der Waals surface area contributed by atoms with Gasteiger partial charge >= 0.3 is 5.97 Å². The standard InChI is InChI=1S/C28H37N5O8/c1-15(2)24(30)27(39)31-20(11-12-23(29)36)25(37)32-21(13-16-3-7-18(34)8-4-16)26(38)33-22(28(40)41)14-17-5-9-19(35)10-6-17/h3-10,15,20-22,24,34-35H,11-14,30H2,1-2H3,(H2,29,36)(H,31,39)(H,32,37)(H,33,38)(H,40,41). The van der Waals surface area contributed by atoms with Crippen LogP contribution in [0.2, 0.25) is 0 Å². The van der Waals surface area contributed by atoms with Crippen molar-refractivity contribution in [2.45, 2.75) is 63.7 Å². The molecule has 0 spiro atoms. The van der Waals surface area contributed by atoms with Crippen molar-refractivity contribution in [3.63, 3.8) is 0 Å². The molecule has 2 aromatic carbocycles. The molecule has 0 aromatic heterocycles. The lowest BCUT2D eigenvalue weighted by atomic mass is 10.0. The van der Waals surface area contributed by atoms with Crippen LogP contribution in [0, 0.1) is 5.92 Å². The highest BCUT2D eigenvalue weighted by Gasteiger charge is 2.31. The molecule has 0 fully saturated rings. The number of aromatic hydroxyl groups is 2. The summed E-state index contributed by atoms with van der Waals surface area (Å²) < 4.78 is 0. The minimum atomic E-state index is -1.37. The van der Waals surface area contributed by atoms with Gasteiger partial charge in [-0.1, -0.05) is 38.1 Å². The molecule has 13 nitrogen and oxygen atoms in total. The van der Waals surface area contributed by atoms with Crippen LogP contribution < -0.4 is 27.4 Å². The van der Waals surface area contributed by atoms with E-state index in [0.29, 0.717) is 11.1 Å². The van der Waals surface area contributed by atoms with Crippen LogP contribution in [0.5, 0.6) is 11.5 Å². The highest BCUT2D eigenvalue weighted by Crippen LogP contribution is 2.14. The SMILES string of the molecule is CC(C)C(N)C(=O)NC(CCC(N)=O)C(=O)NC(Cc1ccc(O)cc1)C(=O)NC(Cc1ccc(O)cc1)C(=O)O. The van der Waals surface area contributed by atoms with Gasteiger partial charge in [-0.3, -0.25) is 19.2 Å². The van der Waals surface area contributed by atoms with E-state index in [1.165, 1.54) is 48.5 Å². The predicted molar refractivity (Wildman–Crippen MR) is 148 cm³/mol. The number of hydrogen-bond donors (Lipinski definition) is 8. The summed E-state index contributed by atoms with van der Waals surface area (Å²) >= 11 is 0. The zero-order valence-electron chi connectivity index (χ0n) is 22.9. The lowest BCUT2D eigenvalue weighted by Gasteiger charge is -2.26. The molecule has 41 heavy (non-hydrogen) atoms. The Bertz CT molecular complexity index is 1220. The minimum absolute atomic E-state index is 0.00586. The zero-order valence-corrected chi connectivity index (χ0v) is 22.9. The topological polar surface area (TPSA) is 234 Å². The lowest BCUT2D eigenvalue weighted by molar-refractivity contribution is -0.142. The van der Waals surface area contributed by atoms with Gasteiger partial charge in [0.25, 0.3) is 0 Å². The maximum atomic E-state index is 13.4. The molecule has 13 heteroatoms. The molecule has 0 saturated heterocycles. The van der Waals surface area contributed by atoms with Crippen LogP contribution in [0.3, 0.4) is 0 Å². The number of carboxylic acid groups (broad SMARTS) is 1. The monoisotopic (exact) mass is 571 g/mol. The largest absolute Gasteiger partial charge is 0.508 e. The molecule has 0 aliphatic heterocycles. The molecular formula is C28H37N5O8. The van der Waals surface area contributed by atoms with Gasteiger partial charge in [0.15, 0.2) is 0 Å². The van der Waals surface area contributed by atoms with Crippen molar-refractivity contribution in [3.8, 4) is 11.5 Å². The van der Waals surface area contributed by atoms with Gasteiger partial charge in [0, 0.05) is 19.3 Å². The molecule has 4 atom stereocenters. The second kappa shape index (κ2) is 15.2. The molecule has 0 aliphatic carbocycles. The predicted octanol–water partition coefficient (Wildman–Crippen LogP) is -0.329. The first-order chi connectivity index (χ1) is 19.3. The number of phenolic OH excluding ortho intramolecular Hbond substituents is 2. The Morgan fingerprint density at radius 2 is 1.12 bits per heavy atom. The molecule has 0 bridgehead atoms. The smallest absolute Gasteiger partial charge is 0.326 e. The number of benzene rings is 2. The third-order valence-corrected chi connectivity index (χ3v) is 6.33. The fourth-order valence-corrected chi connectivity index (χ4v) is 3.82. The number of hydrogen-bond acceptors (Lipinski definition) is 8. The van der Waals surface area contributed by atoms with Crippen LogP contribution in [0.1, 0.15) is 37.8 Å². The van der Waals surface area contributed by atoms with Crippen molar-refractivity contribution in [1.82, 2.24) is 16.0 Å². The van der Waals surface area contributed by atoms with Gasteiger partial charge in [-0.05, 0) is 47.7 Å². The Morgan fingerprint density at radius 3 is 1.56 bits per heavy atom. The van der Waals surface area contributed by atoms with E-state index in [-0.39, 0.29) is 43.1 Å². The number of nitrogens with one attached hydrogen (secondary N) is 3. The summed E-state index contributed by atoms with van der Waals surface area (Å²) in [5, 5.41) is 36.3. The van der Waals surface area contributed by atoms with Gasteiger partial charge in [0.2, 0.25) is 23.6 Å². The number of carboxylic acids is 1. The van der Waals surface area contributed by atoms with Crippen molar-refractivity contribution in [2.75, 3.05) is 0 Å². The molecule has 2 rings (SSSR count). The van der Waals surface area contributed by atoms with E-state index in [4.69, 9.17) is 11.5 Å². The van der Waals surface area contributed by atoms with E-state index in [0.717, 1.165) is 0 Å². The van der Waals surface area contributed by atoms with Gasteiger partial charge in [-0.2, -0.15) is 0 Å². The number of amides is 4. The summed E-state index contributed by atoms with van der Waals surface area (Å²) in [6.45, 7) is 3.44. The Labute approximate surface area is 237 Å². The van der Waals surface area contributed by atoms with Crippen molar-refractivity contribution in [3.05, 3.63) is 59.7 Å². The van der Waals surface area contributed by atoms with E-state index in [1.807, 2.05) is 0 Å². The average Bonchev–Trinajstić information content (AvgIpc) is 2.91. The van der Waals surface area contributed by atoms with Crippen LogP contribution in [-0.2, 0) is 36.8 Å². The molecule has 222 valence electrons. The maximum Gasteiger partial charge on any atom is 0.326 e. The molecular weight excluding hydrogens is 534 g/mol. The van der Waals surface area contributed by atoms with Gasteiger partial charge in [-0.25, -0.2) is 4.79 Å². The van der Waals surface area contributed by atoms with Crippen molar-refractivity contribution >= 4 is 29.6 Å². The van der Waals surface area contributed by atoms with Crippen LogP contribution in [0.15, 0.2) is 48.5 Å². The summed E-state index contributed by atoms with van der Waals surface area (Å²) in [6.07, 6.45) is -0.599. The number of rotatable bonds is 15. The van der Waals surface area contributed by atoms with Gasteiger partial charge in [0.1, 0.15) is 29.6 Å². The second-order valence-electron chi connectivity index (χ2n) is 10.0. The number of primary amides is 1. The van der Waals surface area contributed by atoms with Gasteiger partial charge < -0.3 is 42.7 Å². The Hall–Kier alpha value is -4.65. The highest BCUT2D eigenvalue weighted by molar-refractivity contribution is 5.94. The molecule has 0 aliphatic rings. The summed E-state index contributed by atoms with van der Waals surface area (Å²) in [7, 11) is 0. The van der Waals surface area contributed by atoms with Crippen LogP contribution in [-0.4, -0.2) is 69.1 Å². The lowest BCUT2D eigenvalue weighted by Crippen LogP contribution is -2.58. The van der Waals surface area contributed by atoms with Gasteiger partial charge in [0.05, 0.1) is 6.04 Å². The highest BCUT2D eigenvalue weighted by atomic mass is 16.4. The molecule has 0 saturated carbocycles.